The van der Waals surface area contributed by atoms with Crippen molar-refractivity contribution in [1.29, 1.82) is 5.26 Å². The van der Waals surface area contributed by atoms with Gasteiger partial charge >= 0.3 is 0 Å². The van der Waals surface area contributed by atoms with E-state index in [1.807, 2.05) is 39.0 Å². The highest BCUT2D eigenvalue weighted by atomic mass is 16.5. The largest absolute Gasteiger partial charge is 0.494 e. The lowest BCUT2D eigenvalue weighted by Crippen LogP contribution is -2.36. The van der Waals surface area contributed by atoms with Gasteiger partial charge in [-0.1, -0.05) is 41.5 Å². The highest BCUT2D eigenvalue weighted by Crippen LogP contribution is 2.22. The number of aliphatic hydroxyl groups excluding tert-OH is 1. The molecule has 2 atom stereocenters. The minimum Gasteiger partial charge on any atom is -0.494 e. The predicted octanol–water partition coefficient (Wildman–Crippen LogP) is 4.81. The number of rotatable bonds is 6. The third-order valence-corrected chi connectivity index (χ3v) is 4.10. The van der Waals surface area contributed by atoms with Crippen LogP contribution in [0.1, 0.15) is 54.9 Å². The van der Waals surface area contributed by atoms with Crippen molar-refractivity contribution in [3.8, 4) is 11.8 Å². The molecule has 1 aromatic carbocycles. The molecule has 2 rings (SSSR count). The van der Waals surface area contributed by atoms with Crippen LogP contribution in [0.25, 0.3) is 0 Å². The highest BCUT2D eigenvalue weighted by Gasteiger charge is 2.21. The molecule has 5 heteroatoms. The standard InChI is InChI=1S/C18H27N3O2.C4H10.C2H6/c1-3-23-18-6-4-16(5-7-18)21-11-10-20(12-15(2)13-21)14-17(22)8-9-19;1-4(2)3;1-2/h4-7,15,17,22H,3,8,10-14H2,1-2H3;4H,1-3H3;1-2H3. The molecular weight excluding hydrogens is 362 g/mol. The first-order chi connectivity index (χ1) is 13.8. The van der Waals surface area contributed by atoms with E-state index in [0.717, 1.165) is 37.8 Å². The molecule has 0 bridgehead atoms. The van der Waals surface area contributed by atoms with Crippen molar-refractivity contribution in [3.05, 3.63) is 24.3 Å². The van der Waals surface area contributed by atoms with Crippen LogP contribution in [0.2, 0.25) is 0 Å². The summed E-state index contributed by atoms with van der Waals surface area (Å²) in [5.74, 6) is 2.25. The van der Waals surface area contributed by atoms with E-state index < -0.39 is 6.10 Å². The van der Waals surface area contributed by atoms with Crippen LogP contribution in [0, 0.1) is 23.2 Å². The van der Waals surface area contributed by atoms with E-state index >= 15 is 0 Å². The lowest BCUT2D eigenvalue weighted by atomic mass is 10.1. The van der Waals surface area contributed by atoms with Gasteiger partial charge in [-0.2, -0.15) is 5.26 Å². The molecule has 0 amide bonds. The second-order valence-electron chi connectivity index (χ2n) is 7.99. The van der Waals surface area contributed by atoms with Crippen LogP contribution in [-0.2, 0) is 0 Å². The Bertz CT molecular complexity index is 551. The van der Waals surface area contributed by atoms with Gasteiger partial charge in [-0.15, -0.1) is 0 Å². The van der Waals surface area contributed by atoms with Crippen molar-refractivity contribution >= 4 is 5.69 Å². The Balaban J connectivity index is 0.00000116. The Kier molecular flexibility index (Phi) is 15.1. The monoisotopic (exact) mass is 405 g/mol. The predicted molar refractivity (Wildman–Crippen MR) is 124 cm³/mol. The van der Waals surface area contributed by atoms with Gasteiger partial charge < -0.3 is 14.7 Å². The lowest BCUT2D eigenvalue weighted by Gasteiger charge is -2.24. The molecule has 1 fully saturated rings. The molecule has 0 radical (unpaired) electrons. The highest BCUT2D eigenvalue weighted by molar-refractivity contribution is 5.49. The second-order valence-corrected chi connectivity index (χ2v) is 7.99. The Labute approximate surface area is 179 Å². The number of ether oxygens (including phenoxy) is 1. The van der Waals surface area contributed by atoms with Gasteiger partial charge in [0.05, 0.1) is 25.2 Å². The smallest absolute Gasteiger partial charge is 0.119 e. The molecule has 0 spiro atoms. The molecule has 5 nitrogen and oxygen atoms in total. The van der Waals surface area contributed by atoms with Crippen molar-refractivity contribution in [1.82, 2.24) is 4.90 Å². The lowest BCUT2D eigenvalue weighted by molar-refractivity contribution is 0.114. The van der Waals surface area contributed by atoms with Crippen molar-refractivity contribution in [2.75, 3.05) is 44.2 Å². The summed E-state index contributed by atoms with van der Waals surface area (Å²) in [6.07, 6.45) is -0.350. The molecule has 0 saturated carbocycles. The molecule has 166 valence electrons. The molecule has 0 aliphatic carbocycles. The molecule has 1 aliphatic rings. The van der Waals surface area contributed by atoms with E-state index in [0.29, 0.717) is 19.1 Å². The zero-order valence-corrected chi connectivity index (χ0v) is 19.7. The summed E-state index contributed by atoms with van der Waals surface area (Å²) in [6.45, 7) is 19.8. The van der Waals surface area contributed by atoms with Crippen LogP contribution in [0.3, 0.4) is 0 Å². The van der Waals surface area contributed by atoms with Crippen LogP contribution in [0.15, 0.2) is 24.3 Å². The normalized spacial score (nSPS) is 17.8. The first-order valence-corrected chi connectivity index (χ1v) is 11.1. The van der Waals surface area contributed by atoms with Gasteiger partial charge in [0, 0.05) is 38.4 Å². The van der Waals surface area contributed by atoms with E-state index in [2.05, 4.69) is 49.6 Å². The van der Waals surface area contributed by atoms with Crippen molar-refractivity contribution in [3.63, 3.8) is 0 Å². The fourth-order valence-electron chi connectivity index (χ4n) is 3.11. The first kappa shape index (κ1) is 27.2. The third kappa shape index (κ3) is 12.4. The van der Waals surface area contributed by atoms with Crippen molar-refractivity contribution < 1.29 is 9.84 Å². The number of hydrogen-bond acceptors (Lipinski definition) is 5. The summed E-state index contributed by atoms with van der Waals surface area (Å²) in [5.41, 5.74) is 1.21. The van der Waals surface area contributed by atoms with Gasteiger partial charge in [-0.05, 0) is 43.0 Å². The van der Waals surface area contributed by atoms with E-state index in [9.17, 15) is 5.11 Å². The number of benzene rings is 1. The maximum atomic E-state index is 9.85. The molecule has 1 aromatic rings. The average molecular weight is 406 g/mol. The number of nitrogens with zero attached hydrogens (tertiary/aromatic N) is 3. The zero-order valence-electron chi connectivity index (χ0n) is 19.7. The fraction of sp³-hybridized carbons (Fsp3) is 0.708. The molecule has 1 aliphatic heterocycles. The quantitative estimate of drug-likeness (QED) is 0.736. The van der Waals surface area contributed by atoms with Gasteiger partial charge in [-0.3, -0.25) is 4.90 Å². The summed E-state index contributed by atoms with van der Waals surface area (Å²) >= 11 is 0. The molecular formula is C24H43N3O2. The topological polar surface area (TPSA) is 59.7 Å². The minimum atomic E-state index is -0.552. The Morgan fingerprint density at radius 2 is 1.72 bits per heavy atom. The Morgan fingerprint density at radius 1 is 1.14 bits per heavy atom. The minimum absolute atomic E-state index is 0.202. The van der Waals surface area contributed by atoms with Gasteiger partial charge in [0.15, 0.2) is 0 Å². The average Bonchev–Trinajstić information content (AvgIpc) is 2.85. The van der Waals surface area contributed by atoms with E-state index in [-0.39, 0.29) is 6.42 Å². The molecule has 29 heavy (non-hydrogen) atoms. The van der Waals surface area contributed by atoms with Gasteiger partial charge in [0.25, 0.3) is 0 Å². The summed E-state index contributed by atoms with van der Waals surface area (Å²) < 4.78 is 5.50. The first-order valence-electron chi connectivity index (χ1n) is 11.1. The Hall–Kier alpha value is -1.77. The van der Waals surface area contributed by atoms with Gasteiger partial charge in [-0.25, -0.2) is 0 Å². The van der Waals surface area contributed by atoms with Crippen LogP contribution in [-0.4, -0.2) is 55.4 Å². The fourth-order valence-corrected chi connectivity index (χ4v) is 3.11. The zero-order chi connectivity index (χ0) is 22.2. The summed E-state index contributed by atoms with van der Waals surface area (Å²) in [5, 5.41) is 18.5. The molecule has 2 unspecified atom stereocenters. The number of nitriles is 1. The summed E-state index contributed by atoms with van der Waals surface area (Å²) in [4.78, 5) is 4.65. The number of anilines is 1. The SMILES string of the molecule is CC.CC(C)C.CCOc1ccc(N2CCN(CC(O)CC#N)CC(C)C2)cc1. The van der Waals surface area contributed by atoms with E-state index in [4.69, 9.17) is 10.00 Å². The van der Waals surface area contributed by atoms with Crippen molar-refractivity contribution in [2.45, 2.75) is 61.0 Å². The molecule has 1 N–H and O–H groups in total. The number of β-amino-alcohol motifs (C(OH)–C–C–N with tert-alkyl or cyclic N) is 1. The third-order valence-electron chi connectivity index (χ3n) is 4.10. The van der Waals surface area contributed by atoms with Crippen LogP contribution < -0.4 is 9.64 Å². The maximum Gasteiger partial charge on any atom is 0.119 e. The van der Waals surface area contributed by atoms with E-state index in [1.54, 1.807) is 0 Å². The van der Waals surface area contributed by atoms with Gasteiger partial charge in [0.2, 0.25) is 0 Å². The summed E-state index contributed by atoms with van der Waals surface area (Å²) in [7, 11) is 0. The molecule has 1 saturated heterocycles. The maximum absolute atomic E-state index is 9.85. The summed E-state index contributed by atoms with van der Waals surface area (Å²) in [6, 6.07) is 10.3. The van der Waals surface area contributed by atoms with Crippen LogP contribution >= 0.6 is 0 Å². The van der Waals surface area contributed by atoms with E-state index in [1.165, 1.54) is 5.69 Å². The Morgan fingerprint density at radius 3 is 2.24 bits per heavy atom. The van der Waals surface area contributed by atoms with Gasteiger partial charge in [0.1, 0.15) is 5.75 Å². The molecule has 1 heterocycles. The van der Waals surface area contributed by atoms with Crippen molar-refractivity contribution in [2.24, 2.45) is 11.8 Å². The second kappa shape index (κ2) is 16.1. The van der Waals surface area contributed by atoms with Crippen LogP contribution in [0.5, 0.6) is 5.75 Å². The number of hydrogen-bond donors (Lipinski definition) is 1. The van der Waals surface area contributed by atoms with Crippen LogP contribution in [0.4, 0.5) is 5.69 Å². The number of aliphatic hydroxyl groups is 1. The molecule has 0 aromatic heterocycles.